The molecule has 3 nitrogen and oxygen atoms in total. The molecule has 0 unspecified atom stereocenters. The summed E-state index contributed by atoms with van der Waals surface area (Å²) in [4.78, 5) is 23.2. The molecule has 1 N–H and O–H groups in total. The second-order valence-electron chi connectivity index (χ2n) is 2.57. The fourth-order valence-electron chi connectivity index (χ4n) is 1.06. The Bertz CT molecular complexity index is 384. The van der Waals surface area contributed by atoms with Crippen molar-refractivity contribution < 1.29 is 13.6 Å². The highest BCUT2D eigenvalue weighted by Crippen LogP contribution is 2.17. The monoisotopic (exact) mass is 187 g/mol. The summed E-state index contributed by atoms with van der Waals surface area (Å²) in [5, 5.41) is 0. The average molecular weight is 187 g/mol. The van der Waals surface area contributed by atoms with Crippen LogP contribution in [0.15, 0.2) is 10.9 Å². The van der Waals surface area contributed by atoms with Crippen LogP contribution in [0.4, 0.5) is 8.78 Å². The van der Waals surface area contributed by atoms with Gasteiger partial charge in [-0.2, -0.15) is 0 Å². The summed E-state index contributed by atoms with van der Waals surface area (Å²) in [6.07, 6.45) is -2.41. The molecule has 0 bridgehead atoms. The van der Waals surface area contributed by atoms with Crippen LogP contribution in [0.2, 0.25) is 0 Å². The Morgan fingerprint density at radius 3 is 2.54 bits per heavy atom. The Kier molecular flexibility index (Phi) is 2.55. The van der Waals surface area contributed by atoms with Crippen LogP contribution < -0.4 is 5.56 Å². The van der Waals surface area contributed by atoms with Gasteiger partial charge in [0.2, 0.25) is 0 Å². The Hall–Kier alpha value is -1.52. The summed E-state index contributed by atoms with van der Waals surface area (Å²) in [5.41, 5.74) is -1.35. The number of aromatic amines is 1. The van der Waals surface area contributed by atoms with E-state index in [1.807, 2.05) is 4.98 Å². The van der Waals surface area contributed by atoms with E-state index in [9.17, 15) is 18.4 Å². The van der Waals surface area contributed by atoms with Crippen LogP contribution in [0.5, 0.6) is 0 Å². The predicted octanol–water partition coefficient (Wildman–Crippen LogP) is 1.43. The average Bonchev–Trinajstić information content (AvgIpc) is 2.02. The molecule has 5 heteroatoms. The molecule has 0 aromatic carbocycles. The third-order valence-corrected chi connectivity index (χ3v) is 1.64. The Balaban J connectivity index is 3.40. The Labute approximate surface area is 72.4 Å². The van der Waals surface area contributed by atoms with Crippen molar-refractivity contribution in [2.75, 3.05) is 0 Å². The quantitative estimate of drug-likeness (QED) is 0.712. The molecule has 0 saturated heterocycles. The Morgan fingerprint density at radius 1 is 1.54 bits per heavy atom. The van der Waals surface area contributed by atoms with E-state index in [0.717, 1.165) is 0 Å². The van der Waals surface area contributed by atoms with Gasteiger partial charge in [0.25, 0.3) is 12.0 Å². The first-order valence-corrected chi connectivity index (χ1v) is 3.53. The summed E-state index contributed by atoms with van der Waals surface area (Å²) < 4.78 is 24.4. The summed E-state index contributed by atoms with van der Waals surface area (Å²) in [6, 6.07) is 1.22. The van der Waals surface area contributed by atoms with Crippen LogP contribution in [0.1, 0.15) is 28.0 Å². The largest absolute Gasteiger partial charge is 0.319 e. The van der Waals surface area contributed by atoms with Gasteiger partial charge in [-0.15, -0.1) is 0 Å². The molecular formula is C8H7F2NO2. The van der Waals surface area contributed by atoms with Crippen LogP contribution in [0.25, 0.3) is 0 Å². The van der Waals surface area contributed by atoms with E-state index in [0.29, 0.717) is 6.29 Å². The maximum Gasteiger partial charge on any atom is 0.269 e. The standard InChI is InChI=1S/C8H7F2NO2/c1-4-2-5(3-12)11-8(13)6(4)7(9)10/h2-3,7H,1H3,(H,11,13). The van der Waals surface area contributed by atoms with Gasteiger partial charge >= 0.3 is 0 Å². The number of aldehydes is 1. The number of carbonyl (C=O) groups excluding carboxylic acids is 1. The van der Waals surface area contributed by atoms with Crippen LogP contribution >= 0.6 is 0 Å². The fourth-order valence-corrected chi connectivity index (χ4v) is 1.06. The van der Waals surface area contributed by atoms with Crippen LogP contribution in [-0.2, 0) is 0 Å². The first-order chi connectivity index (χ1) is 6.06. The highest BCUT2D eigenvalue weighted by atomic mass is 19.3. The first-order valence-electron chi connectivity index (χ1n) is 3.53. The number of pyridine rings is 1. The van der Waals surface area contributed by atoms with Gasteiger partial charge < -0.3 is 4.98 Å². The molecule has 0 aliphatic carbocycles. The molecule has 0 fully saturated rings. The van der Waals surface area contributed by atoms with Gasteiger partial charge in [0.15, 0.2) is 6.29 Å². The summed E-state index contributed by atoms with van der Waals surface area (Å²) in [6.45, 7) is 1.36. The number of halogens is 2. The lowest BCUT2D eigenvalue weighted by Gasteiger charge is -2.02. The van der Waals surface area contributed by atoms with Crippen LogP contribution in [0.3, 0.4) is 0 Å². The normalized spacial score (nSPS) is 10.5. The van der Waals surface area contributed by atoms with E-state index >= 15 is 0 Å². The molecule has 0 atom stereocenters. The van der Waals surface area contributed by atoms with Gasteiger partial charge in [-0.1, -0.05) is 0 Å². The van der Waals surface area contributed by atoms with Gasteiger partial charge in [0.05, 0.1) is 11.3 Å². The molecule has 70 valence electrons. The minimum Gasteiger partial charge on any atom is -0.319 e. The molecule has 0 aliphatic rings. The minimum atomic E-state index is -2.82. The number of aromatic nitrogens is 1. The zero-order valence-corrected chi connectivity index (χ0v) is 6.80. The van der Waals surface area contributed by atoms with E-state index in [2.05, 4.69) is 0 Å². The lowest BCUT2D eigenvalue weighted by molar-refractivity contribution is 0.111. The summed E-state index contributed by atoms with van der Waals surface area (Å²) >= 11 is 0. The van der Waals surface area contributed by atoms with Crippen molar-refractivity contribution >= 4 is 6.29 Å². The molecule has 1 rings (SSSR count). The van der Waals surface area contributed by atoms with Gasteiger partial charge in [-0.3, -0.25) is 9.59 Å². The second kappa shape index (κ2) is 3.47. The minimum absolute atomic E-state index is 0.00639. The van der Waals surface area contributed by atoms with Crippen molar-refractivity contribution in [3.63, 3.8) is 0 Å². The molecule has 1 aromatic heterocycles. The zero-order valence-electron chi connectivity index (χ0n) is 6.80. The van der Waals surface area contributed by atoms with Crippen LogP contribution in [0, 0.1) is 6.92 Å². The van der Waals surface area contributed by atoms with Crippen LogP contribution in [-0.4, -0.2) is 11.3 Å². The van der Waals surface area contributed by atoms with Crippen molar-refractivity contribution in [1.29, 1.82) is 0 Å². The van der Waals surface area contributed by atoms with Crippen molar-refractivity contribution in [3.8, 4) is 0 Å². The highest BCUT2D eigenvalue weighted by Gasteiger charge is 2.15. The Morgan fingerprint density at radius 2 is 2.15 bits per heavy atom. The molecule has 0 spiro atoms. The zero-order chi connectivity index (χ0) is 10.0. The molecule has 0 radical (unpaired) electrons. The number of rotatable bonds is 2. The van der Waals surface area contributed by atoms with Gasteiger partial charge in [-0.25, -0.2) is 8.78 Å². The molecule has 0 saturated carbocycles. The SMILES string of the molecule is Cc1cc(C=O)[nH]c(=O)c1C(F)F. The second-order valence-corrected chi connectivity index (χ2v) is 2.57. The number of H-pyrrole nitrogens is 1. The number of aryl methyl sites for hydroxylation is 1. The smallest absolute Gasteiger partial charge is 0.269 e. The maximum absolute atomic E-state index is 12.2. The van der Waals surface area contributed by atoms with Crippen molar-refractivity contribution in [2.24, 2.45) is 0 Å². The number of carbonyl (C=O) groups is 1. The molecule has 0 amide bonds. The van der Waals surface area contributed by atoms with E-state index in [-0.39, 0.29) is 11.3 Å². The summed E-state index contributed by atoms with van der Waals surface area (Å²) in [5.74, 6) is 0. The molecular weight excluding hydrogens is 180 g/mol. The van der Waals surface area contributed by atoms with Crippen molar-refractivity contribution in [2.45, 2.75) is 13.3 Å². The number of hydrogen-bond donors (Lipinski definition) is 1. The number of alkyl halides is 2. The molecule has 1 aromatic rings. The maximum atomic E-state index is 12.2. The van der Waals surface area contributed by atoms with Crippen molar-refractivity contribution in [3.05, 3.63) is 33.2 Å². The highest BCUT2D eigenvalue weighted by molar-refractivity contribution is 5.72. The topological polar surface area (TPSA) is 49.9 Å². The van der Waals surface area contributed by atoms with Gasteiger partial charge in [-0.05, 0) is 18.6 Å². The number of hydrogen-bond acceptors (Lipinski definition) is 2. The summed E-state index contributed by atoms with van der Waals surface area (Å²) in [7, 11) is 0. The van der Waals surface area contributed by atoms with E-state index in [4.69, 9.17) is 0 Å². The first kappa shape index (κ1) is 9.57. The third-order valence-electron chi connectivity index (χ3n) is 1.64. The van der Waals surface area contributed by atoms with E-state index in [1.165, 1.54) is 13.0 Å². The number of nitrogens with one attached hydrogen (secondary N) is 1. The molecule has 1 heterocycles. The van der Waals surface area contributed by atoms with E-state index < -0.39 is 17.5 Å². The molecule has 0 aliphatic heterocycles. The fraction of sp³-hybridized carbons (Fsp3) is 0.250. The van der Waals surface area contributed by atoms with E-state index in [1.54, 1.807) is 0 Å². The molecule has 13 heavy (non-hydrogen) atoms. The predicted molar refractivity (Wildman–Crippen MR) is 42.1 cm³/mol. The van der Waals surface area contributed by atoms with Gasteiger partial charge in [0.1, 0.15) is 0 Å². The third kappa shape index (κ3) is 1.80. The lowest BCUT2D eigenvalue weighted by atomic mass is 10.1. The van der Waals surface area contributed by atoms with Crippen molar-refractivity contribution in [1.82, 2.24) is 4.98 Å². The van der Waals surface area contributed by atoms with Gasteiger partial charge in [0, 0.05) is 0 Å². The lowest BCUT2D eigenvalue weighted by Crippen LogP contribution is -2.16.